The molecule has 8 nitrogen and oxygen atoms in total. The Morgan fingerprint density at radius 1 is 1.48 bits per heavy atom. The molecule has 116 valence electrons. The molecule has 1 aliphatic heterocycles. The van der Waals surface area contributed by atoms with Crippen LogP contribution in [0, 0.1) is 0 Å². The molecule has 1 aromatic rings. The number of piperidine rings is 1. The van der Waals surface area contributed by atoms with E-state index in [1.165, 1.54) is 0 Å². The van der Waals surface area contributed by atoms with Gasteiger partial charge in [-0.05, 0) is 19.3 Å². The minimum absolute atomic E-state index is 0.00914. The fourth-order valence-electron chi connectivity index (χ4n) is 2.56. The van der Waals surface area contributed by atoms with Crippen molar-refractivity contribution in [1.29, 1.82) is 0 Å². The van der Waals surface area contributed by atoms with Crippen molar-refractivity contribution in [3.05, 3.63) is 12.2 Å². The minimum atomic E-state index is -0.864. The highest BCUT2D eigenvalue weighted by atomic mass is 16.4. The van der Waals surface area contributed by atoms with Crippen LogP contribution in [0.2, 0.25) is 0 Å². The van der Waals surface area contributed by atoms with Gasteiger partial charge in [-0.25, -0.2) is 9.78 Å². The molecule has 2 N–H and O–H groups in total. The summed E-state index contributed by atoms with van der Waals surface area (Å²) in [4.78, 5) is 28.8. The van der Waals surface area contributed by atoms with Gasteiger partial charge in [-0.2, -0.15) is 5.10 Å². The molecule has 1 aromatic heterocycles. The summed E-state index contributed by atoms with van der Waals surface area (Å²) in [6.07, 6.45) is 4.83. The zero-order valence-corrected chi connectivity index (χ0v) is 12.2. The summed E-state index contributed by atoms with van der Waals surface area (Å²) in [6.45, 7) is 1.06. The molecule has 2 heterocycles. The quantitative estimate of drug-likeness (QED) is 0.818. The number of hydrogen-bond acceptors (Lipinski definition) is 4. The van der Waals surface area contributed by atoms with E-state index in [4.69, 9.17) is 5.11 Å². The SMILES string of the molecule is Cn1cnc(CCNC(=O)N2CCCCC2CC(=O)O)n1. The van der Waals surface area contributed by atoms with Crippen molar-refractivity contribution in [1.82, 2.24) is 25.0 Å². The number of nitrogens with one attached hydrogen (secondary N) is 1. The number of aliphatic carboxylic acids is 1. The molecule has 0 saturated carbocycles. The Balaban J connectivity index is 1.81. The maximum absolute atomic E-state index is 12.2. The van der Waals surface area contributed by atoms with Gasteiger partial charge < -0.3 is 15.3 Å². The number of carbonyl (C=O) groups is 2. The summed E-state index contributed by atoms with van der Waals surface area (Å²) >= 11 is 0. The van der Waals surface area contributed by atoms with E-state index in [2.05, 4.69) is 15.4 Å². The first-order chi connectivity index (χ1) is 10.1. The number of rotatable bonds is 5. The van der Waals surface area contributed by atoms with Gasteiger partial charge in [0.25, 0.3) is 0 Å². The van der Waals surface area contributed by atoms with Crippen LogP contribution in [0.15, 0.2) is 6.33 Å². The average Bonchev–Trinajstić information content (AvgIpc) is 2.84. The number of urea groups is 1. The number of carbonyl (C=O) groups excluding carboxylic acids is 1. The third-order valence-corrected chi connectivity index (χ3v) is 3.57. The number of likely N-dealkylation sites (tertiary alicyclic amines) is 1. The largest absolute Gasteiger partial charge is 0.481 e. The van der Waals surface area contributed by atoms with E-state index in [9.17, 15) is 9.59 Å². The van der Waals surface area contributed by atoms with Gasteiger partial charge in [0.2, 0.25) is 0 Å². The molecule has 1 atom stereocenters. The topological polar surface area (TPSA) is 100 Å². The monoisotopic (exact) mass is 295 g/mol. The van der Waals surface area contributed by atoms with Crippen LogP contribution in [-0.2, 0) is 18.3 Å². The predicted octanol–water partition coefficient (Wildman–Crippen LogP) is 0.396. The van der Waals surface area contributed by atoms with Crippen molar-refractivity contribution < 1.29 is 14.7 Å². The zero-order valence-electron chi connectivity index (χ0n) is 12.2. The Labute approximate surface area is 123 Å². The van der Waals surface area contributed by atoms with Crippen molar-refractivity contribution in [3.8, 4) is 0 Å². The highest BCUT2D eigenvalue weighted by Gasteiger charge is 2.28. The van der Waals surface area contributed by atoms with Crippen LogP contribution in [0.25, 0.3) is 0 Å². The van der Waals surface area contributed by atoms with E-state index in [0.717, 1.165) is 19.3 Å². The first-order valence-corrected chi connectivity index (χ1v) is 7.17. The van der Waals surface area contributed by atoms with Gasteiger partial charge in [-0.15, -0.1) is 0 Å². The van der Waals surface area contributed by atoms with Gasteiger partial charge >= 0.3 is 12.0 Å². The van der Waals surface area contributed by atoms with Gasteiger partial charge in [0.05, 0.1) is 6.42 Å². The molecule has 21 heavy (non-hydrogen) atoms. The Morgan fingerprint density at radius 3 is 2.95 bits per heavy atom. The fraction of sp³-hybridized carbons (Fsp3) is 0.692. The lowest BCUT2D eigenvalue weighted by molar-refractivity contribution is -0.138. The van der Waals surface area contributed by atoms with Gasteiger partial charge in [0.15, 0.2) is 5.82 Å². The first kappa shape index (κ1) is 15.3. The smallest absolute Gasteiger partial charge is 0.317 e. The van der Waals surface area contributed by atoms with Crippen LogP contribution in [0.3, 0.4) is 0 Å². The van der Waals surface area contributed by atoms with E-state index in [-0.39, 0.29) is 18.5 Å². The summed E-state index contributed by atoms with van der Waals surface area (Å²) < 4.78 is 1.62. The molecule has 1 unspecified atom stereocenters. The van der Waals surface area contributed by atoms with E-state index in [0.29, 0.717) is 25.3 Å². The molecular formula is C13H21N5O3. The molecule has 1 saturated heterocycles. The Kier molecular flexibility index (Phi) is 5.13. The second-order valence-electron chi connectivity index (χ2n) is 5.26. The number of nitrogens with zero attached hydrogens (tertiary/aromatic N) is 4. The first-order valence-electron chi connectivity index (χ1n) is 7.17. The predicted molar refractivity (Wildman–Crippen MR) is 74.7 cm³/mol. The molecule has 0 aromatic carbocycles. The van der Waals surface area contributed by atoms with Crippen molar-refractivity contribution in [3.63, 3.8) is 0 Å². The Hall–Kier alpha value is -2.12. The van der Waals surface area contributed by atoms with Crippen molar-refractivity contribution >= 4 is 12.0 Å². The fourth-order valence-corrected chi connectivity index (χ4v) is 2.56. The molecular weight excluding hydrogens is 274 g/mol. The van der Waals surface area contributed by atoms with Gasteiger partial charge in [0, 0.05) is 32.6 Å². The van der Waals surface area contributed by atoms with Crippen LogP contribution in [-0.4, -0.2) is 55.9 Å². The maximum Gasteiger partial charge on any atom is 0.317 e. The number of carboxylic acids is 1. The molecule has 0 radical (unpaired) electrons. The summed E-state index contributed by atoms with van der Waals surface area (Å²) in [5.41, 5.74) is 0. The maximum atomic E-state index is 12.2. The van der Waals surface area contributed by atoms with Gasteiger partial charge in [0.1, 0.15) is 6.33 Å². The summed E-state index contributed by atoms with van der Waals surface area (Å²) in [5, 5.41) is 15.9. The Morgan fingerprint density at radius 2 is 2.29 bits per heavy atom. The highest BCUT2D eigenvalue weighted by Crippen LogP contribution is 2.19. The van der Waals surface area contributed by atoms with Crippen LogP contribution in [0.1, 0.15) is 31.5 Å². The number of aryl methyl sites for hydroxylation is 1. The lowest BCUT2D eigenvalue weighted by Crippen LogP contribution is -2.49. The normalized spacial score (nSPS) is 18.5. The molecule has 8 heteroatoms. The van der Waals surface area contributed by atoms with E-state index in [1.807, 2.05) is 0 Å². The van der Waals surface area contributed by atoms with Gasteiger partial charge in [-0.1, -0.05) is 0 Å². The minimum Gasteiger partial charge on any atom is -0.481 e. The standard InChI is InChI=1S/C13H21N5O3/c1-17-9-15-11(16-17)5-6-14-13(21)18-7-3-2-4-10(18)8-12(19)20/h9-10H,2-8H2,1H3,(H,14,21)(H,19,20). The zero-order chi connectivity index (χ0) is 15.2. The van der Waals surface area contributed by atoms with Crippen molar-refractivity contribution in [2.75, 3.05) is 13.1 Å². The van der Waals surface area contributed by atoms with Gasteiger partial charge in [-0.3, -0.25) is 9.48 Å². The van der Waals surface area contributed by atoms with Crippen LogP contribution < -0.4 is 5.32 Å². The van der Waals surface area contributed by atoms with Crippen LogP contribution in [0.5, 0.6) is 0 Å². The number of aromatic nitrogens is 3. The number of hydrogen-bond donors (Lipinski definition) is 2. The number of carboxylic acid groups (broad SMARTS) is 1. The molecule has 0 bridgehead atoms. The van der Waals surface area contributed by atoms with Crippen molar-refractivity contribution in [2.24, 2.45) is 7.05 Å². The lowest BCUT2D eigenvalue weighted by atomic mass is 10.00. The van der Waals surface area contributed by atoms with E-state index >= 15 is 0 Å². The molecule has 0 aliphatic carbocycles. The third kappa shape index (κ3) is 4.44. The Bertz CT molecular complexity index is 502. The molecule has 2 rings (SSSR count). The molecule has 2 amide bonds. The number of amides is 2. The van der Waals surface area contributed by atoms with E-state index in [1.54, 1.807) is 23.0 Å². The summed E-state index contributed by atoms with van der Waals surface area (Å²) in [7, 11) is 1.79. The lowest BCUT2D eigenvalue weighted by Gasteiger charge is -2.34. The summed E-state index contributed by atoms with van der Waals surface area (Å²) in [5.74, 6) is -0.184. The second-order valence-corrected chi connectivity index (χ2v) is 5.26. The van der Waals surface area contributed by atoms with E-state index < -0.39 is 5.97 Å². The average molecular weight is 295 g/mol. The summed E-state index contributed by atoms with van der Waals surface area (Å²) in [6, 6.07) is -0.402. The third-order valence-electron chi connectivity index (χ3n) is 3.57. The highest BCUT2D eigenvalue weighted by molar-refractivity contribution is 5.76. The second kappa shape index (κ2) is 7.05. The van der Waals surface area contributed by atoms with Crippen molar-refractivity contribution in [2.45, 2.75) is 38.1 Å². The van der Waals surface area contributed by atoms with Crippen LogP contribution in [0.4, 0.5) is 4.79 Å². The molecule has 0 spiro atoms. The van der Waals surface area contributed by atoms with Crippen LogP contribution >= 0.6 is 0 Å². The molecule has 1 fully saturated rings. The molecule has 1 aliphatic rings.